The maximum absolute atomic E-state index is 11.6. The molecule has 0 fully saturated rings. The van der Waals surface area contributed by atoms with E-state index in [1.807, 2.05) is 6.20 Å². The lowest BCUT2D eigenvalue weighted by Crippen LogP contribution is -2.28. The topological polar surface area (TPSA) is 88.3 Å². The summed E-state index contributed by atoms with van der Waals surface area (Å²) in [6.07, 6.45) is 3.63. The van der Waals surface area contributed by atoms with Crippen LogP contribution in [0.2, 0.25) is 0 Å². The van der Waals surface area contributed by atoms with Crippen LogP contribution in [0.3, 0.4) is 0 Å². The fourth-order valence-corrected chi connectivity index (χ4v) is 2.76. The number of nitrogens with one attached hydrogen (secondary N) is 2. The van der Waals surface area contributed by atoms with Crippen molar-refractivity contribution in [2.45, 2.75) is 11.3 Å². The largest absolute Gasteiger partial charge is 0.375 e. The summed E-state index contributed by atoms with van der Waals surface area (Å²) in [4.78, 5) is 14.7. The Kier molecular flexibility index (Phi) is 4.64. The number of aromatic nitrogens is 1. The van der Waals surface area contributed by atoms with Gasteiger partial charge in [0.05, 0.1) is 4.90 Å². The van der Waals surface area contributed by atoms with E-state index >= 15 is 0 Å². The monoisotopic (exact) mass is 310 g/mol. The number of sulfone groups is 1. The molecule has 0 saturated carbocycles. The number of amides is 1. The fraction of sp³-hybridized carbons (Fsp3) is 0.357. The van der Waals surface area contributed by atoms with E-state index in [9.17, 15) is 13.2 Å². The summed E-state index contributed by atoms with van der Waals surface area (Å²) in [5.74, 6) is -0.172. The molecule has 6 nitrogen and oxygen atoms in total. The molecule has 0 saturated heterocycles. The van der Waals surface area contributed by atoms with Crippen LogP contribution in [-0.4, -0.2) is 45.8 Å². The highest BCUT2D eigenvalue weighted by Crippen LogP contribution is 2.22. The molecule has 7 heteroatoms. The third-order valence-electron chi connectivity index (χ3n) is 3.16. The van der Waals surface area contributed by atoms with Crippen LogP contribution in [0.25, 0.3) is 10.9 Å². The molecule has 2 rings (SSSR count). The highest BCUT2D eigenvalue weighted by Gasteiger charge is 2.11. The Bertz CT molecular complexity index is 749. The molecule has 2 aromatic rings. The quantitative estimate of drug-likeness (QED) is 0.829. The van der Waals surface area contributed by atoms with Crippen molar-refractivity contribution in [3.8, 4) is 0 Å². The van der Waals surface area contributed by atoms with Crippen molar-refractivity contribution < 1.29 is 17.9 Å². The molecular formula is C14H18N2O4S. The van der Waals surface area contributed by atoms with Crippen molar-refractivity contribution >= 4 is 26.6 Å². The van der Waals surface area contributed by atoms with Crippen molar-refractivity contribution in [1.82, 2.24) is 10.3 Å². The molecule has 1 aromatic heterocycles. The summed E-state index contributed by atoms with van der Waals surface area (Å²) in [6, 6.07) is 4.99. The lowest BCUT2D eigenvalue weighted by atomic mass is 10.1. The molecule has 114 valence electrons. The van der Waals surface area contributed by atoms with Gasteiger partial charge in [-0.1, -0.05) is 0 Å². The highest BCUT2D eigenvalue weighted by molar-refractivity contribution is 7.90. The lowest BCUT2D eigenvalue weighted by Gasteiger charge is -2.04. The van der Waals surface area contributed by atoms with E-state index in [-0.39, 0.29) is 12.5 Å². The van der Waals surface area contributed by atoms with Gasteiger partial charge in [-0.3, -0.25) is 4.79 Å². The first-order valence-electron chi connectivity index (χ1n) is 6.47. The van der Waals surface area contributed by atoms with Crippen LogP contribution in [0, 0.1) is 0 Å². The predicted molar refractivity (Wildman–Crippen MR) is 80.0 cm³/mol. The van der Waals surface area contributed by atoms with E-state index < -0.39 is 9.84 Å². The van der Waals surface area contributed by atoms with Crippen LogP contribution >= 0.6 is 0 Å². The Hall–Kier alpha value is -1.86. The second kappa shape index (κ2) is 6.28. The molecule has 0 radical (unpaired) electrons. The maximum Gasteiger partial charge on any atom is 0.245 e. The number of H-pyrrole nitrogens is 1. The summed E-state index contributed by atoms with van der Waals surface area (Å²) >= 11 is 0. The zero-order valence-electron chi connectivity index (χ0n) is 12.0. The van der Waals surface area contributed by atoms with Crippen LogP contribution in [0.5, 0.6) is 0 Å². The molecule has 21 heavy (non-hydrogen) atoms. The van der Waals surface area contributed by atoms with Gasteiger partial charge >= 0.3 is 0 Å². The molecule has 0 bridgehead atoms. The first-order chi connectivity index (χ1) is 9.91. The molecule has 1 aromatic carbocycles. The third-order valence-corrected chi connectivity index (χ3v) is 4.27. The van der Waals surface area contributed by atoms with Crippen molar-refractivity contribution in [3.05, 3.63) is 30.0 Å². The summed E-state index contributed by atoms with van der Waals surface area (Å²) in [6.45, 7) is 0.504. The molecule has 0 unspecified atom stereocenters. The van der Waals surface area contributed by atoms with Gasteiger partial charge in [-0.2, -0.15) is 0 Å². The van der Waals surface area contributed by atoms with Gasteiger partial charge in [-0.15, -0.1) is 0 Å². The fourth-order valence-electron chi connectivity index (χ4n) is 2.11. The van der Waals surface area contributed by atoms with Gasteiger partial charge < -0.3 is 15.0 Å². The maximum atomic E-state index is 11.6. The second-order valence-corrected chi connectivity index (χ2v) is 6.84. The molecule has 1 heterocycles. The van der Waals surface area contributed by atoms with Crippen LogP contribution in [0.1, 0.15) is 5.56 Å². The van der Waals surface area contributed by atoms with Gasteiger partial charge in [0.2, 0.25) is 5.91 Å². The Morgan fingerprint density at radius 1 is 1.38 bits per heavy atom. The van der Waals surface area contributed by atoms with Crippen LogP contribution in [-0.2, 0) is 25.8 Å². The number of hydrogen-bond donors (Lipinski definition) is 2. The molecule has 1 amide bonds. The van der Waals surface area contributed by atoms with Crippen molar-refractivity contribution in [3.63, 3.8) is 0 Å². The average molecular weight is 310 g/mol. The minimum Gasteiger partial charge on any atom is -0.375 e. The smallest absolute Gasteiger partial charge is 0.245 e. The summed E-state index contributed by atoms with van der Waals surface area (Å²) in [5.41, 5.74) is 1.84. The minimum atomic E-state index is -3.23. The Morgan fingerprint density at radius 2 is 2.14 bits per heavy atom. The van der Waals surface area contributed by atoms with E-state index in [4.69, 9.17) is 4.74 Å². The van der Waals surface area contributed by atoms with Crippen molar-refractivity contribution in [2.75, 3.05) is 26.5 Å². The Labute approximate surface area is 123 Å². The predicted octanol–water partition coefficient (Wildman–Crippen LogP) is 0.876. The number of rotatable bonds is 6. The second-order valence-electron chi connectivity index (χ2n) is 4.83. The summed E-state index contributed by atoms with van der Waals surface area (Å²) in [7, 11) is -1.77. The van der Waals surface area contributed by atoms with E-state index in [1.165, 1.54) is 13.4 Å². The lowest BCUT2D eigenvalue weighted by molar-refractivity contribution is -0.124. The number of carbonyl (C=O) groups excluding carboxylic acids is 1. The third kappa shape index (κ3) is 3.83. The number of carbonyl (C=O) groups is 1. The first kappa shape index (κ1) is 15.5. The number of ether oxygens (including phenoxy) is 1. The standard InChI is InChI=1S/C14H18N2O4S/c1-20-9-14(17)15-6-5-10-8-16-13-4-3-11(7-12(10)13)21(2,18)19/h3-4,7-8,16H,5-6,9H2,1-2H3,(H,15,17). The molecular weight excluding hydrogens is 292 g/mol. The number of methoxy groups -OCH3 is 1. The van der Waals surface area contributed by atoms with Gasteiger partial charge in [-0.05, 0) is 30.2 Å². The van der Waals surface area contributed by atoms with Gasteiger partial charge in [-0.25, -0.2) is 8.42 Å². The van der Waals surface area contributed by atoms with E-state index in [0.29, 0.717) is 17.9 Å². The molecule has 0 aliphatic rings. The number of fused-ring (bicyclic) bond motifs is 1. The molecule has 0 aliphatic carbocycles. The SMILES string of the molecule is COCC(=O)NCCc1c[nH]c2ccc(S(C)(=O)=O)cc12. The van der Waals surface area contributed by atoms with E-state index in [1.54, 1.807) is 18.2 Å². The van der Waals surface area contributed by atoms with Crippen LogP contribution in [0.15, 0.2) is 29.3 Å². The highest BCUT2D eigenvalue weighted by atomic mass is 32.2. The van der Waals surface area contributed by atoms with Gasteiger partial charge in [0.25, 0.3) is 0 Å². The van der Waals surface area contributed by atoms with Crippen molar-refractivity contribution in [1.29, 1.82) is 0 Å². The molecule has 0 atom stereocenters. The van der Waals surface area contributed by atoms with Crippen LogP contribution in [0.4, 0.5) is 0 Å². The normalized spacial score (nSPS) is 11.7. The molecule has 0 aliphatic heterocycles. The minimum absolute atomic E-state index is 0.0338. The van der Waals surface area contributed by atoms with E-state index in [2.05, 4.69) is 10.3 Å². The van der Waals surface area contributed by atoms with Crippen molar-refractivity contribution in [2.24, 2.45) is 0 Å². The summed E-state index contributed by atoms with van der Waals surface area (Å²) in [5, 5.41) is 3.60. The molecule has 0 spiro atoms. The van der Waals surface area contributed by atoms with Gasteiger partial charge in [0.1, 0.15) is 6.61 Å². The zero-order chi connectivity index (χ0) is 15.5. The Balaban J connectivity index is 2.15. The summed E-state index contributed by atoms with van der Waals surface area (Å²) < 4.78 is 27.9. The molecule has 2 N–H and O–H groups in total. The number of hydrogen-bond acceptors (Lipinski definition) is 4. The number of aromatic amines is 1. The van der Waals surface area contributed by atoms with Gasteiger partial charge in [0, 0.05) is 37.0 Å². The Morgan fingerprint density at radius 3 is 2.81 bits per heavy atom. The van der Waals surface area contributed by atoms with Crippen LogP contribution < -0.4 is 5.32 Å². The van der Waals surface area contributed by atoms with E-state index in [0.717, 1.165) is 16.5 Å². The first-order valence-corrected chi connectivity index (χ1v) is 8.36. The number of benzene rings is 1. The van der Waals surface area contributed by atoms with Gasteiger partial charge in [0.15, 0.2) is 9.84 Å². The average Bonchev–Trinajstić information content (AvgIpc) is 2.81. The zero-order valence-corrected chi connectivity index (χ0v) is 12.8.